The number of ether oxygens (including phenoxy) is 1. The summed E-state index contributed by atoms with van der Waals surface area (Å²) in [6.07, 6.45) is 1.08. The van der Waals surface area contributed by atoms with Gasteiger partial charge in [0.25, 0.3) is 0 Å². The normalized spacial score (nSPS) is 10.6. The van der Waals surface area contributed by atoms with E-state index in [-0.39, 0.29) is 38.6 Å². The topological polar surface area (TPSA) is 75.7 Å². The summed E-state index contributed by atoms with van der Waals surface area (Å²) < 4.78 is 31.2. The van der Waals surface area contributed by atoms with Gasteiger partial charge in [0.2, 0.25) is 15.9 Å². The van der Waals surface area contributed by atoms with Crippen LogP contribution in [0.4, 0.5) is 5.69 Å². The summed E-state index contributed by atoms with van der Waals surface area (Å²) in [4.78, 5) is 13.1. The first-order valence-corrected chi connectivity index (χ1v) is 9.52. The van der Waals surface area contributed by atoms with Gasteiger partial charge >= 0.3 is 0 Å². The van der Waals surface area contributed by atoms with Gasteiger partial charge in [-0.3, -0.25) is 9.52 Å². The number of carbonyl (C=O) groups excluding carboxylic acids is 1. The molecule has 0 aliphatic rings. The van der Waals surface area contributed by atoms with E-state index in [0.717, 1.165) is 11.8 Å². The first kappa shape index (κ1) is 22.6. The molecule has 8 heteroatoms. The summed E-state index contributed by atoms with van der Waals surface area (Å²) >= 11 is 0. The SMILES string of the molecule is CC(=O)N(C)Cc1cc(NS(C)(=O)=O)ccc1Oc1c[c-]c(C)cc1.[Y]. The summed E-state index contributed by atoms with van der Waals surface area (Å²) in [7, 11) is -1.72. The third-order valence-corrected chi connectivity index (χ3v) is 4.08. The van der Waals surface area contributed by atoms with Gasteiger partial charge in [0.1, 0.15) is 5.75 Å². The Labute approximate surface area is 179 Å². The minimum absolute atomic E-state index is 0. The predicted molar refractivity (Wildman–Crippen MR) is 97.1 cm³/mol. The number of anilines is 1. The molecule has 0 aliphatic carbocycles. The van der Waals surface area contributed by atoms with Crippen molar-refractivity contribution in [2.75, 3.05) is 18.0 Å². The maximum absolute atomic E-state index is 11.5. The first-order valence-electron chi connectivity index (χ1n) is 7.62. The number of hydrogen-bond acceptors (Lipinski definition) is 4. The molecule has 0 saturated heterocycles. The van der Waals surface area contributed by atoms with Crippen LogP contribution in [0.5, 0.6) is 11.5 Å². The number of nitrogens with zero attached hydrogens (tertiary/aromatic N) is 1. The molecular formula is C18H21N2O4SY-. The van der Waals surface area contributed by atoms with Crippen LogP contribution >= 0.6 is 0 Å². The third-order valence-electron chi connectivity index (χ3n) is 3.48. The maximum atomic E-state index is 11.5. The van der Waals surface area contributed by atoms with Gasteiger partial charge in [0.05, 0.1) is 6.26 Å². The Morgan fingerprint density at radius 1 is 1.27 bits per heavy atom. The van der Waals surface area contributed by atoms with Crippen molar-refractivity contribution in [2.45, 2.75) is 20.4 Å². The third kappa shape index (κ3) is 7.06. The van der Waals surface area contributed by atoms with E-state index in [4.69, 9.17) is 4.74 Å². The number of nitrogens with one attached hydrogen (secondary N) is 1. The van der Waals surface area contributed by atoms with Crippen molar-refractivity contribution in [1.29, 1.82) is 0 Å². The van der Waals surface area contributed by atoms with Gasteiger partial charge in [-0.15, -0.1) is 12.1 Å². The molecule has 2 aromatic rings. The number of hydrogen-bond donors (Lipinski definition) is 1. The summed E-state index contributed by atoms with van der Waals surface area (Å²) in [5.74, 6) is 1.06. The molecule has 0 heterocycles. The molecule has 137 valence electrons. The summed E-state index contributed by atoms with van der Waals surface area (Å²) in [6.45, 7) is 3.69. The zero-order valence-electron chi connectivity index (χ0n) is 15.2. The Morgan fingerprint density at radius 2 is 1.96 bits per heavy atom. The maximum Gasteiger partial charge on any atom is 0.229 e. The Morgan fingerprint density at radius 3 is 2.50 bits per heavy atom. The number of carbonyl (C=O) groups is 1. The standard InChI is InChI=1S/C18H21N2O4S.Y/c1-13-5-8-17(9-6-13)24-18-10-7-16(19-25(4,22)23)11-15(18)12-20(3)14(2)21;/h5,7-11,19H,12H2,1-4H3;/q-1;. The number of rotatable bonds is 6. The molecule has 0 fully saturated rings. The minimum Gasteiger partial charge on any atom is -0.516 e. The van der Waals surface area contributed by atoms with Gasteiger partial charge in [-0.05, 0) is 18.2 Å². The second-order valence-electron chi connectivity index (χ2n) is 5.88. The molecule has 0 atom stereocenters. The van der Waals surface area contributed by atoms with Crippen LogP contribution in [-0.2, 0) is 54.1 Å². The van der Waals surface area contributed by atoms with Crippen LogP contribution in [0.1, 0.15) is 18.1 Å². The Balaban J connectivity index is 0.00000338. The van der Waals surface area contributed by atoms with Crippen LogP contribution in [0, 0.1) is 13.0 Å². The molecule has 1 radical (unpaired) electrons. The quantitative estimate of drug-likeness (QED) is 0.687. The van der Waals surface area contributed by atoms with E-state index in [0.29, 0.717) is 29.3 Å². The van der Waals surface area contributed by atoms with E-state index >= 15 is 0 Å². The van der Waals surface area contributed by atoms with E-state index in [1.807, 2.05) is 19.1 Å². The number of aryl methyl sites for hydroxylation is 1. The second kappa shape index (κ2) is 9.49. The molecule has 1 amide bonds. The number of amides is 1. The molecule has 0 unspecified atom stereocenters. The zero-order valence-corrected chi connectivity index (χ0v) is 18.9. The van der Waals surface area contributed by atoms with Gasteiger partial charge < -0.3 is 9.64 Å². The monoisotopic (exact) mass is 450 g/mol. The Hall–Kier alpha value is -1.44. The molecule has 0 aliphatic heterocycles. The van der Waals surface area contributed by atoms with E-state index in [2.05, 4.69) is 10.8 Å². The fraction of sp³-hybridized carbons (Fsp3) is 0.278. The van der Waals surface area contributed by atoms with Crippen molar-refractivity contribution in [3.05, 3.63) is 53.6 Å². The molecule has 0 bridgehead atoms. The van der Waals surface area contributed by atoms with Crippen molar-refractivity contribution in [1.82, 2.24) is 4.90 Å². The van der Waals surface area contributed by atoms with Crippen molar-refractivity contribution in [2.24, 2.45) is 0 Å². The summed E-state index contributed by atoms with van der Waals surface area (Å²) in [6, 6.07) is 13.5. The predicted octanol–water partition coefficient (Wildman–Crippen LogP) is 2.93. The van der Waals surface area contributed by atoms with Gasteiger partial charge in [0.15, 0.2) is 0 Å². The minimum atomic E-state index is -3.39. The van der Waals surface area contributed by atoms with E-state index in [1.165, 1.54) is 11.8 Å². The van der Waals surface area contributed by atoms with E-state index in [1.54, 1.807) is 31.3 Å². The van der Waals surface area contributed by atoms with Crippen LogP contribution in [0.3, 0.4) is 0 Å². The van der Waals surface area contributed by atoms with Crippen molar-refractivity contribution in [3.8, 4) is 11.5 Å². The molecule has 0 spiro atoms. The molecule has 0 saturated carbocycles. The van der Waals surface area contributed by atoms with Crippen LogP contribution in [0.15, 0.2) is 36.4 Å². The fourth-order valence-corrected chi connectivity index (χ4v) is 2.68. The molecule has 6 nitrogen and oxygen atoms in total. The van der Waals surface area contributed by atoms with Gasteiger partial charge in [0, 0.05) is 70.2 Å². The molecule has 2 rings (SSSR count). The van der Waals surface area contributed by atoms with Gasteiger partial charge in [-0.2, -0.15) is 17.7 Å². The number of benzene rings is 2. The first-order chi connectivity index (χ1) is 11.6. The molecular weight excluding hydrogens is 429 g/mol. The molecule has 2 aromatic carbocycles. The van der Waals surface area contributed by atoms with E-state index < -0.39 is 10.0 Å². The Bertz CT molecular complexity index is 867. The van der Waals surface area contributed by atoms with Crippen LogP contribution in [0.25, 0.3) is 0 Å². The van der Waals surface area contributed by atoms with Crippen molar-refractivity contribution >= 4 is 21.6 Å². The van der Waals surface area contributed by atoms with Crippen molar-refractivity contribution in [3.63, 3.8) is 0 Å². The van der Waals surface area contributed by atoms with Crippen LogP contribution in [0.2, 0.25) is 0 Å². The van der Waals surface area contributed by atoms with Crippen molar-refractivity contribution < 1.29 is 50.7 Å². The van der Waals surface area contributed by atoms with Gasteiger partial charge in [-0.1, -0.05) is 6.92 Å². The Kier molecular flexibility index (Phi) is 8.25. The van der Waals surface area contributed by atoms with E-state index in [9.17, 15) is 13.2 Å². The zero-order chi connectivity index (χ0) is 18.6. The van der Waals surface area contributed by atoms with Crippen LogP contribution < -0.4 is 9.46 Å². The molecule has 1 N–H and O–H groups in total. The smallest absolute Gasteiger partial charge is 0.229 e. The molecule has 0 aromatic heterocycles. The second-order valence-corrected chi connectivity index (χ2v) is 7.63. The van der Waals surface area contributed by atoms with Crippen LogP contribution in [-0.4, -0.2) is 32.5 Å². The largest absolute Gasteiger partial charge is 0.516 e. The fourth-order valence-electron chi connectivity index (χ4n) is 2.13. The number of sulfonamides is 1. The average Bonchev–Trinajstić information content (AvgIpc) is 2.50. The molecule has 26 heavy (non-hydrogen) atoms. The average molecular weight is 450 g/mol. The van der Waals surface area contributed by atoms with Gasteiger partial charge in [-0.25, -0.2) is 8.42 Å². The summed E-state index contributed by atoms with van der Waals surface area (Å²) in [5.41, 5.74) is 2.10. The summed E-state index contributed by atoms with van der Waals surface area (Å²) in [5, 5.41) is 0.